The second-order valence-electron chi connectivity index (χ2n) is 2.64. The Morgan fingerprint density at radius 1 is 1.71 bits per heavy atom. The topological polar surface area (TPSA) is 64.6 Å². The van der Waals surface area contributed by atoms with Crippen molar-refractivity contribution in [2.45, 2.75) is 0 Å². The number of esters is 1. The second-order valence-corrected chi connectivity index (χ2v) is 3.52. The summed E-state index contributed by atoms with van der Waals surface area (Å²) in [6.07, 6.45) is 0. The Balaban J connectivity index is 2.37. The molecule has 0 aliphatic carbocycles. The van der Waals surface area contributed by atoms with Crippen LogP contribution in [0.2, 0.25) is 0 Å². The molecule has 0 aromatic carbocycles. The zero-order valence-electron chi connectivity index (χ0n) is 7.33. The van der Waals surface area contributed by atoms with E-state index in [1.54, 1.807) is 5.38 Å². The number of carbonyl (C=O) groups excluding carboxylic acids is 2. The van der Waals surface area contributed by atoms with Crippen molar-refractivity contribution in [1.82, 2.24) is 0 Å². The first-order chi connectivity index (χ1) is 6.72. The molecule has 0 spiro atoms. The Morgan fingerprint density at radius 3 is 3.21 bits per heavy atom. The van der Waals surface area contributed by atoms with Crippen molar-refractivity contribution in [2.24, 2.45) is 0 Å². The first-order valence-electron chi connectivity index (χ1n) is 3.85. The quantitative estimate of drug-likeness (QED) is 0.703. The molecule has 1 aromatic rings. The maximum atomic E-state index is 11.2. The summed E-state index contributed by atoms with van der Waals surface area (Å²) in [5, 5.41) is 4.25. The average Bonchev–Trinajstić information content (AvgIpc) is 2.59. The van der Waals surface area contributed by atoms with E-state index in [2.05, 4.69) is 10.1 Å². The standard InChI is InChI=1S/C8H7NO4S/c1-12-8(11)7-6-4(3-14-7)9-5(10)2-13-6/h3H,2H2,1H3,(H,9,10). The molecule has 0 saturated carbocycles. The van der Waals surface area contributed by atoms with Crippen molar-refractivity contribution in [3.63, 3.8) is 0 Å². The maximum absolute atomic E-state index is 11.2. The van der Waals surface area contributed by atoms with E-state index in [0.717, 1.165) is 0 Å². The molecule has 0 unspecified atom stereocenters. The summed E-state index contributed by atoms with van der Waals surface area (Å²) in [4.78, 5) is 22.5. The van der Waals surface area contributed by atoms with E-state index in [0.29, 0.717) is 16.3 Å². The number of amides is 1. The van der Waals surface area contributed by atoms with Crippen LogP contribution in [0.15, 0.2) is 5.38 Å². The Kier molecular flexibility index (Phi) is 2.12. The Hall–Kier alpha value is -1.56. The summed E-state index contributed by atoms with van der Waals surface area (Å²) in [5.74, 6) is -0.263. The molecule has 5 nitrogen and oxygen atoms in total. The van der Waals surface area contributed by atoms with Crippen molar-refractivity contribution in [3.05, 3.63) is 10.3 Å². The fraction of sp³-hybridized carbons (Fsp3) is 0.250. The monoisotopic (exact) mass is 213 g/mol. The van der Waals surface area contributed by atoms with E-state index >= 15 is 0 Å². The normalized spacial score (nSPS) is 13.9. The van der Waals surface area contributed by atoms with Crippen LogP contribution in [-0.2, 0) is 9.53 Å². The molecule has 0 radical (unpaired) electrons. The van der Waals surface area contributed by atoms with Gasteiger partial charge in [-0.25, -0.2) is 4.79 Å². The molecular formula is C8H7NO4S. The minimum atomic E-state index is -0.451. The van der Waals surface area contributed by atoms with Crippen LogP contribution in [-0.4, -0.2) is 25.6 Å². The van der Waals surface area contributed by atoms with E-state index in [9.17, 15) is 9.59 Å². The van der Waals surface area contributed by atoms with Gasteiger partial charge in [-0.05, 0) is 0 Å². The molecular weight excluding hydrogens is 206 g/mol. The summed E-state index contributed by atoms with van der Waals surface area (Å²) < 4.78 is 9.69. The van der Waals surface area contributed by atoms with Crippen molar-refractivity contribution in [2.75, 3.05) is 19.0 Å². The van der Waals surface area contributed by atoms with Gasteiger partial charge in [-0.2, -0.15) is 0 Å². The van der Waals surface area contributed by atoms with E-state index in [-0.39, 0.29) is 12.5 Å². The Bertz CT molecular complexity index is 398. The predicted molar refractivity (Wildman–Crippen MR) is 49.8 cm³/mol. The molecule has 1 N–H and O–H groups in total. The molecule has 6 heteroatoms. The summed E-state index contributed by atoms with van der Waals surface area (Å²) in [6, 6.07) is 0. The van der Waals surface area contributed by atoms with Gasteiger partial charge in [0.25, 0.3) is 5.91 Å². The summed E-state index contributed by atoms with van der Waals surface area (Å²) in [6.45, 7) is -0.0618. The van der Waals surface area contributed by atoms with Crippen molar-refractivity contribution >= 4 is 28.9 Å². The highest BCUT2D eigenvalue weighted by Gasteiger charge is 2.25. The number of ether oxygens (including phenoxy) is 2. The number of thiophene rings is 1. The molecule has 2 heterocycles. The number of hydrogen-bond acceptors (Lipinski definition) is 5. The van der Waals surface area contributed by atoms with Crippen LogP contribution in [0.1, 0.15) is 9.67 Å². The number of rotatable bonds is 1. The van der Waals surface area contributed by atoms with E-state index in [1.165, 1.54) is 18.4 Å². The van der Waals surface area contributed by atoms with Gasteiger partial charge in [0.05, 0.1) is 12.8 Å². The third kappa shape index (κ3) is 1.33. The van der Waals surface area contributed by atoms with Crippen LogP contribution in [0.5, 0.6) is 5.75 Å². The minimum Gasteiger partial charge on any atom is -0.480 e. The van der Waals surface area contributed by atoms with Gasteiger partial charge in [-0.3, -0.25) is 4.79 Å². The lowest BCUT2D eigenvalue weighted by atomic mass is 10.3. The molecule has 1 aliphatic heterocycles. The number of hydrogen-bond donors (Lipinski definition) is 1. The summed E-state index contributed by atoms with van der Waals surface area (Å²) >= 11 is 1.19. The van der Waals surface area contributed by atoms with Crippen LogP contribution in [0, 0.1) is 0 Å². The van der Waals surface area contributed by atoms with E-state index < -0.39 is 5.97 Å². The highest BCUT2D eigenvalue weighted by Crippen LogP contribution is 2.37. The maximum Gasteiger partial charge on any atom is 0.351 e. The van der Waals surface area contributed by atoms with Gasteiger partial charge >= 0.3 is 5.97 Å². The minimum absolute atomic E-state index is 0.0618. The molecule has 14 heavy (non-hydrogen) atoms. The largest absolute Gasteiger partial charge is 0.480 e. The molecule has 74 valence electrons. The summed E-state index contributed by atoms with van der Waals surface area (Å²) in [7, 11) is 1.30. The smallest absolute Gasteiger partial charge is 0.351 e. The van der Waals surface area contributed by atoms with Gasteiger partial charge in [-0.15, -0.1) is 11.3 Å². The van der Waals surface area contributed by atoms with Gasteiger partial charge in [0.15, 0.2) is 17.2 Å². The van der Waals surface area contributed by atoms with Gasteiger partial charge in [0.2, 0.25) is 0 Å². The van der Waals surface area contributed by atoms with Crippen molar-refractivity contribution in [3.8, 4) is 5.75 Å². The van der Waals surface area contributed by atoms with Crippen LogP contribution >= 0.6 is 11.3 Å². The van der Waals surface area contributed by atoms with Gasteiger partial charge in [-0.1, -0.05) is 0 Å². The van der Waals surface area contributed by atoms with Crippen LogP contribution in [0.25, 0.3) is 0 Å². The van der Waals surface area contributed by atoms with Crippen LogP contribution < -0.4 is 10.1 Å². The van der Waals surface area contributed by atoms with E-state index in [1.807, 2.05) is 0 Å². The number of carbonyl (C=O) groups is 2. The molecule has 1 amide bonds. The lowest BCUT2D eigenvalue weighted by Gasteiger charge is -2.14. The van der Waals surface area contributed by atoms with Gasteiger partial charge in [0.1, 0.15) is 0 Å². The highest BCUT2D eigenvalue weighted by atomic mass is 32.1. The van der Waals surface area contributed by atoms with Crippen LogP contribution in [0.4, 0.5) is 5.69 Å². The van der Waals surface area contributed by atoms with Gasteiger partial charge < -0.3 is 14.8 Å². The van der Waals surface area contributed by atoms with Gasteiger partial charge in [0, 0.05) is 5.38 Å². The van der Waals surface area contributed by atoms with Crippen LogP contribution in [0.3, 0.4) is 0 Å². The SMILES string of the molecule is COC(=O)c1scc2c1OCC(=O)N2. The van der Waals surface area contributed by atoms with Crippen molar-refractivity contribution in [1.29, 1.82) is 0 Å². The Labute approximate surface area is 83.6 Å². The fourth-order valence-electron chi connectivity index (χ4n) is 1.13. The zero-order chi connectivity index (χ0) is 10.1. The number of anilines is 1. The third-order valence-electron chi connectivity index (χ3n) is 1.74. The lowest BCUT2D eigenvalue weighted by molar-refractivity contribution is -0.118. The number of nitrogens with one attached hydrogen (secondary N) is 1. The second kappa shape index (κ2) is 3.30. The predicted octanol–water partition coefficient (Wildman–Crippen LogP) is 0.866. The van der Waals surface area contributed by atoms with E-state index in [4.69, 9.17) is 4.74 Å². The van der Waals surface area contributed by atoms with Crippen molar-refractivity contribution < 1.29 is 19.1 Å². The molecule has 0 atom stereocenters. The number of methoxy groups -OCH3 is 1. The zero-order valence-corrected chi connectivity index (χ0v) is 8.14. The lowest BCUT2D eigenvalue weighted by Crippen LogP contribution is -2.25. The fourth-order valence-corrected chi connectivity index (χ4v) is 1.99. The average molecular weight is 213 g/mol. The molecule has 0 fully saturated rings. The molecule has 0 saturated heterocycles. The first kappa shape index (κ1) is 9.01. The molecule has 2 rings (SSSR count). The number of fused-ring (bicyclic) bond motifs is 1. The first-order valence-corrected chi connectivity index (χ1v) is 4.73. The molecule has 1 aromatic heterocycles. The summed E-state index contributed by atoms with van der Waals surface area (Å²) in [5.41, 5.74) is 0.534. The highest BCUT2D eigenvalue weighted by molar-refractivity contribution is 7.13. The Morgan fingerprint density at radius 2 is 2.50 bits per heavy atom. The third-order valence-corrected chi connectivity index (χ3v) is 2.68. The molecule has 0 bridgehead atoms. The molecule has 1 aliphatic rings.